The molecule has 102 valence electrons. The van der Waals surface area contributed by atoms with E-state index < -0.39 is 0 Å². The van der Waals surface area contributed by atoms with Gasteiger partial charge >= 0.3 is 0 Å². The number of carbonyl (C=O) groups excluding carboxylic acids is 1. The smallest absolute Gasteiger partial charge is 0.133 e. The predicted octanol–water partition coefficient (Wildman–Crippen LogP) is 4.43. The first-order valence-corrected chi connectivity index (χ1v) is 7.86. The van der Waals surface area contributed by atoms with Crippen molar-refractivity contribution < 1.29 is 4.79 Å². The minimum absolute atomic E-state index is 0.301. The molecule has 1 heteroatoms. The second-order valence-electron chi connectivity index (χ2n) is 6.40. The van der Waals surface area contributed by atoms with Gasteiger partial charge in [-0.2, -0.15) is 0 Å². The molecule has 1 aromatic carbocycles. The fourth-order valence-corrected chi connectivity index (χ4v) is 4.54. The minimum Gasteiger partial charge on any atom is -0.300 e. The van der Waals surface area contributed by atoms with Gasteiger partial charge in [-0.05, 0) is 54.6 Å². The van der Waals surface area contributed by atoms with E-state index in [1.165, 1.54) is 32.1 Å². The van der Waals surface area contributed by atoms with Crippen molar-refractivity contribution in [3.8, 4) is 0 Å². The van der Waals surface area contributed by atoms with Crippen molar-refractivity contribution in [2.24, 2.45) is 5.92 Å². The highest BCUT2D eigenvalue weighted by Crippen LogP contribution is 2.50. The van der Waals surface area contributed by atoms with Crippen molar-refractivity contribution in [2.75, 3.05) is 0 Å². The van der Waals surface area contributed by atoms with Crippen LogP contribution in [-0.4, -0.2) is 5.78 Å². The van der Waals surface area contributed by atoms with Gasteiger partial charge < -0.3 is 0 Å². The normalized spacial score (nSPS) is 30.4. The molecule has 1 aromatic rings. The van der Waals surface area contributed by atoms with E-state index in [1.54, 1.807) is 11.1 Å². The molecule has 2 aliphatic rings. The number of benzene rings is 1. The topological polar surface area (TPSA) is 17.1 Å². The lowest BCUT2D eigenvalue weighted by Gasteiger charge is -2.44. The number of carbonyl (C=O) groups is 1. The van der Waals surface area contributed by atoms with Crippen LogP contribution in [0.4, 0.5) is 0 Å². The zero-order valence-corrected chi connectivity index (χ0v) is 12.0. The van der Waals surface area contributed by atoms with Crippen molar-refractivity contribution in [1.29, 1.82) is 0 Å². The van der Waals surface area contributed by atoms with E-state index >= 15 is 0 Å². The van der Waals surface area contributed by atoms with Crippen LogP contribution < -0.4 is 0 Å². The first-order chi connectivity index (χ1) is 9.26. The van der Waals surface area contributed by atoms with Crippen molar-refractivity contribution in [2.45, 2.75) is 63.7 Å². The lowest BCUT2D eigenvalue weighted by Crippen LogP contribution is -2.40. The summed E-state index contributed by atoms with van der Waals surface area (Å²) in [6.45, 7) is 2.29. The molecule has 19 heavy (non-hydrogen) atoms. The van der Waals surface area contributed by atoms with E-state index in [4.69, 9.17) is 0 Å². The molecule has 1 saturated carbocycles. The Kier molecular flexibility index (Phi) is 3.47. The van der Waals surface area contributed by atoms with Crippen LogP contribution in [0.5, 0.6) is 0 Å². The van der Waals surface area contributed by atoms with Gasteiger partial charge in [0.05, 0.1) is 0 Å². The molecule has 2 atom stereocenters. The van der Waals surface area contributed by atoms with Crippen molar-refractivity contribution in [3.63, 3.8) is 0 Å². The first kappa shape index (κ1) is 12.9. The van der Waals surface area contributed by atoms with Gasteiger partial charge in [0.1, 0.15) is 5.78 Å². The highest BCUT2D eigenvalue weighted by molar-refractivity contribution is 5.80. The highest BCUT2D eigenvalue weighted by Gasteiger charge is 2.45. The van der Waals surface area contributed by atoms with Gasteiger partial charge in [0.25, 0.3) is 0 Å². The number of fused-ring (bicyclic) bond motifs is 3. The van der Waals surface area contributed by atoms with Crippen molar-refractivity contribution >= 4 is 5.78 Å². The Hall–Kier alpha value is -1.11. The summed E-state index contributed by atoms with van der Waals surface area (Å²) in [5.41, 5.74) is 3.43. The lowest BCUT2D eigenvalue weighted by molar-refractivity contribution is -0.123. The van der Waals surface area contributed by atoms with Crippen LogP contribution in [-0.2, 0) is 16.6 Å². The van der Waals surface area contributed by atoms with E-state index in [9.17, 15) is 4.79 Å². The second-order valence-corrected chi connectivity index (χ2v) is 6.40. The molecule has 0 bridgehead atoms. The summed E-state index contributed by atoms with van der Waals surface area (Å²) in [5, 5.41) is 0. The Labute approximate surface area is 116 Å². The van der Waals surface area contributed by atoms with E-state index in [0.29, 0.717) is 17.1 Å². The van der Waals surface area contributed by atoms with Crippen LogP contribution >= 0.6 is 0 Å². The molecule has 0 N–H and O–H groups in total. The Bertz CT molecular complexity index is 476. The minimum atomic E-state index is 0.301. The standard InChI is InChI=1S/C18H24O/c1-2-11-18-12-10-16(19)13-15(18)8-5-7-14-6-3-4-9-17(14)18/h3-4,6,9,15H,2,5,7-8,10-13H2,1H3/t15-,18+/m1/s1. The Morgan fingerprint density at radius 1 is 1.26 bits per heavy atom. The number of hydrogen-bond acceptors (Lipinski definition) is 1. The summed E-state index contributed by atoms with van der Waals surface area (Å²) in [6, 6.07) is 9.02. The third kappa shape index (κ3) is 2.13. The van der Waals surface area contributed by atoms with Crippen LogP contribution in [0.25, 0.3) is 0 Å². The van der Waals surface area contributed by atoms with Gasteiger partial charge in [0, 0.05) is 12.8 Å². The van der Waals surface area contributed by atoms with Gasteiger partial charge in [-0.15, -0.1) is 0 Å². The predicted molar refractivity (Wildman–Crippen MR) is 78.3 cm³/mol. The van der Waals surface area contributed by atoms with Crippen molar-refractivity contribution in [1.82, 2.24) is 0 Å². The van der Waals surface area contributed by atoms with Gasteiger partial charge in [-0.3, -0.25) is 4.79 Å². The Morgan fingerprint density at radius 3 is 2.95 bits per heavy atom. The van der Waals surface area contributed by atoms with E-state index in [2.05, 4.69) is 31.2 Å². The third-order valence-electron chi connectivity index (χ3n) is 5.35. The summed E-state index contributed by atoms with van der Waals surface area (Å²) >= 11 is 0. The van der Waals surface area contributed by atoms with E-state index in [1.807, 2.05) is 0 Å². The SMILES string of the molecule is CCC[C@]12CCC(=O)C[C@H]1CCCc1ccccc12. The number of rotatable bonds is 2. The van der Waals surface area contributed by atoms with Crippen molar-refractivity contribution in [3.05, 3.63) is 35.4 Å². The average molecular weight is 256 g/mol. The molecule has 0 amide bonds. The number of hydrogen-bond donors (Lipinski definition) is 0. The van der Waals surface area contributed by atoms with E-state index in [-0.39, 0.29) is 0 Å². The molecular weight excluding hydrogens is 232 g/mol. The third-order valence-corrected chi connectivity index (χ3v) is 5.35. The summed E-state index contributed by atoms with van der Waals surface area (Å²) < 4.78 is 0. The zero-order chi connectivity index (χ0) is 13.3. The summed E-state index contributed by atoms with van der Waals surface area (Å²) in [7, 11) is 0. The molecule has 2 aliphatic carbocycles. The molecule has 0 heterocycles. The number of aryl methyl sites for hydroxylation is 1. The quantitative estimate of drug-likeness (QED) is 0.765. The number of ketones is 1. The monoisotopic (exact) mass is 256 g/mol. The Morgan fingerprint density at radius 2 is 2.11 bits per heavy atom. The summed E-state index contributed by atoms with van der Waals surface area (Å²) in [5.74, 6) is 1.09. The van der Waals surface area contributed by atoms with Crippen LogP contribution in [0, 0.1) is 5.92 Å². The maximum Gasteiger partial charge on any atom is 0.133 e. The second kappa shape index (κ2) is 5.11. The van der Waals surface area contributed by atoms with Crippen LogP contribution in [0.1, 0.15) is 63.0 Å². The Balaban J connectivity index is 2.09. The zero-order valence-electron chi connectivity index (χ0n) is 12.0. The lowest BCUT2D eigenvalue weighted by atomic mass is 9.59. The van der Waals surface area contributed by atoms with Crippen LogP contribution in [0.3, 0.4) is 0 Å². The molecule has 0 aliphatic heterocycles. The summed E-state index contributed by atoms with van der Waals surface area (Å²) in [4.78, 5) is 11.9. The molecule has 1 nitrogen and oxygen atoms in total. The van der Waals surface area contributed by atoms with Crippen LogP contribution in [0.2, 0.25) is 0 Å². The summed E-state index contributed by atoms with van der Waals surface area (Å²) in [6.07, 6.45) is 8.87. The van der Waals surface area contributed by atoms with E-state index in [0.717, 1.165) is 19.3 Å². The van der Waals surface area contributed by atoms with Gasteiger partial charge in [0.2, 0.25) is 0 Å². The van der Waals surface area contributed by atoms with Gasteiger partial charge in [0.15, 0.2) is 0 Å². The number of Topliss-reactive ketones (excluding diaryl/α,β-unsaturated/α-hetero) is 1. The van der Waals surface area contributed by atoms with Gasteiger partial charge in [-0.25, -0.2) is 0 Å². The molecular formula is C18H24O. The maximum absolute atomic E-state index is 11.9. The molecule has 0 radical (unpaired) electrons. The largest absolute Gasteiger partial charge is 0.300 e. The first-order valence-electron chi connectivity index (χ1n) is 7.86. The molecule has 0 spiro atoms. The van der Waals surface area contributed by atoms with Gasteiger partial charge in [-0.1, -0.05) is 37.6 Å². The molecule has 3 rings (SSSR count). The highest BCUT2D eigenvalue weighted by atomic mass is 16.1. The molecule has 0 aromatic heterocycles. The molecule has 0 unspecified atom stereocenters. The maximum atomic E-state index is 11.9. The molecule has 1 fully saturated rings. The fraction of sp³-hybridized carbons (Fsp3) is 0.611. The molecule has 0 saturated heterocycles. The fourth-order valence-electron chi connectivity index (χ4n) is 4.54. The van der Waals surface area contributed by atoms with Crippen LogP contribution in [0.15, 0.2) is 24.3 Å². The average Bonchev–Trinajstić information content (AvgIpc) is 2.57.